The molecule has 27 heavy (non-hydrogen) atoms. The lowest BCUT2D eigenvalue weighted by atomic mass is 10.2. The molecule has 10 heteroatoms. The monoisotopic (exact) mass is 492 g/mol. The number of hydrogen-bond donors (Lipinski definition) is 1. The van der Waals surface area contributed by atoms with Crippen molar-refractivity contribution in [2.45, 2.75) is 13.0 Å². The fourth-order valence-corrected chi connectivity index (χ4v) is 3.52. The van der Waals surface area contributed by atoms with Gasteiger partial charge in [0.25, 0.3) is 5.91 Å². The van der Waals surface area contributed by atoms with Gasteiger partial charge in [0.2, 0.25) is 0 Å². The largest absolute Gasteiger partial charge is 0.342 e. The van der Waals surface area contributed by atoms with Crippen molar-refractivity contribution in [2.75, 3.05) is 0 Å². The second kappa shape index (κ2) is 7.94. The van der Waals surface area contributed by atoms with Crippen LogP contribution in [0.2, 0.25) is 0 Å². The van der Waals surface area contributed by atoms with Crippen LogP contribution >= 0.6 is 31.9 Å². The van der Waals surface area contributed by atoms with Gasteiger partial charge in [0.05, 0.1) is 20.6 Å². The Morgan fingerprint density at radius 3 is 2.59 bits per heavy atom. The zero-order valence-corrected chi connectivity index (χ0v) is 17.0. The Balaban J connectivity index is 1.83. The van der Waals surface area contributed by atoms with Crippen LogP contribution in [0.5, 0.6) is 0 Å². The van der Waals surface area contributed by atoms with Crippen LogP contribution in [-0.4, -0.2) is 25.7 Å². The highest BCUT2D eigenvalue weighted by molar-refractivity contribution is 9.11. The molecule has 0 saturated heterocycles. The molecule has 0 bridgehead atoms. The highest BCUT2D eigenvalue weighted by Crippen LogP contribution is 2.26. The topological polar surface area (TPSA) is 96.5 Å². The number of pyridine rings is 1. The SMILES string of the molecule is C[C@H](NC(=O)c1cc(Br)c(F)c(Br)c1)c1ncnn1-c1ccc(C#N)cn1. The molecule has 0 unspecified atom stereocenters. The Kier molecular flexibility index (Phi) is 5.62. The van der Waals surface area contributed by atoms with Crippen LogP contribution < -0.4 is 5.32 Å². The summed E-state index contributed by atoms with van der Waals surface area (Å²) in [4.78, 5) is 20.9. The maximum Gasteiger partial charge on any atom is 0.251 e. The molecule has 2 aromatic heterocycles. The summed E-state index contributed by atoms with van der Waals surface area (Å²) in [5.41, 5.74) is 0.707. The van der Waals surface area contributed by atoms with Crippen LogP contribution in [0.4, 0.5) is 4.39 Å². The highest BCUT2D eigenvalue weighted by Gasteiger charge is 2.19. The molecule has 1 atom stereocenters. The molecule has 3 aromatic rings. The number of amides is 1. The van der Waals surface area contributed by atoms with Gasteiger partial charge in [-0.05, 0) is 63.0 Å². The average molecular weight is 494 g/mol. The molecule has 0 aliphatic heterocycles. The van der Waals surface area contributed by atoms with Crippen LogP contribution in [0, 0.1) is 17.1 Å². The Labute approximate surface area is 170 Å². The van der Waals surface area contributed by atoms with Crippen LogP contribution in [0.3, 0.4) is 0 Å². The van der Waals surface area contributed by atoms with E-state index in [4.69, 9.17) is 5.26 Å². The Bertz CT molecular complexity index is 1020. The third kappa shape index (κ3) is 4.04. The number of hydrogen-bond acceptors (Lipinski definition) is 5. The maximum absolute atomic E-state index is 13.7. The first-order valence-corrected chi connectivity index (χ1v) is 9.21. The number of carbonyl (C=O) groups excluding carboxylic acids is 1. The molecule has 1 amide bonds. The van der Waals surface area contributed by atoms with Gasteiger partial charge in [0.15, 0.2) is 17.5 Å². The third-order valence-corrected chi connectivity index (χ3v) is 4.80. The van der Waals surface area contributed by atoms with Gasteiger partial charge in [-0.3, -0.25) is 4.79 Å². The summed E-state index contributed by atoms with van der Waals surface area (Å²) < 4.78 is 15.5. The van der Waals surface area contributed by atoms with E-state index in [-0.39, 0.29) is 14.5 Å². The molecule has 0 radical (unpaired) electrons. The average Bonchev–Trinajstić information content (AvgIpc) is 3.15. The summed E-state index contributed by atoms with van der Waals surface area (Å²) in [5.74, 6) is 0.0492. The summed E-state index contributed by atoms with van der Waals surface area (Å²) in [7, 11) is 0. The molecule has 7 nitrogen and oxygen atoms in total. The van der Waals surface area contributed by atoms with Gasteiger partial charge in [0, 0.05) is 11.8 Å². The zero-order valence-electron chi connectivity index (χ0n) is 13.8. The Morgan fingerprint density at radius 2 is 2.00 bits per heavy atom. The Morgan fingerprint density at radius 1 is 1.30 bits per heavy atom. The van der Waals surface area contributed by atoms with Gasteiger partial charge < -0.3 is 5.32 Å². The normalized spacial score (nSPS) is 11.7. The van der Waals surface area contributed by atoms with Crippen molar-refractivity contribution in [3.63, 3.8) is 0 Å². The number of nitriles is 1. The predicted octanol–water partition coefficient (Wildman–Crippen LogP) is 3.69. The molecular formula is C17H11Br2FN6O. The molecule has 0 saturated carbocycles. The number of aromatic nitrogens is 4. The van der Waals surface area contributed by atoms with Gasteiger partial charge in [-0.2, -0.15) is 15.0 Å². The molecule has 0 fully saturated rings. The second-order valence-corrected chi connectivity index (χ2v) is 7.20. The molecule has 0 aliphatic carbocycles. The van der Waals surface area contributed by atoms with Crippen LogP contribution in [-0.2, 0) is 0 Å². The van der Waals surface area contributed by atoms with E-state index in [9.17, 15) is 9.18 Å². The lowest BCUT2D eigenvalue weighted by Crippen LogP contribution is -2.29. The van der Waals surface area contributed by atoms with Gasteiger partial charge in [-0.1, -0.05) is 0 Å². The maximum atomic E-state index is 13.7. The van der Waals surface area contributed by atoms with Crippen molar-refractivity contribution in [1.29, 1.82) is 5.26 Å². The first kappa shape index (κ1) is 19.1. The number of nitrogens with one attached hydrogen (secondary N) is 1. The smallest absolute Gasteiger partial charge is 0.251 e. The number of benzene rings is 1. The van der Waals surface area contributed by atoms with E-state index < -0.39 is 17.8 Å². The van der Waals surface area contributed by atoms with Gasteiger partial charge in [0.1, 0.15) is 12.4 Å². The quantitative estimate of drug-likeness (QED) is 0.559. The van der Waals surface area contributed by atoms with Crippen molar-refractivity contribution in [3.05, 3.63) is 68.5 Å². The summed E-state index contributed by atoms with van der Waals surface area (Å²) in [6.45, 7) is 1.75. The zero-order chi connectivity index (χ0) is 19.6. The van der Waals surface area contributed by atoms with Gasteiger partial charge in [-0.15, -0.1) is 0 Å². The van der Waals surface area contributed by atoms with Crippen molar-refractivity contribution in [2.24, 2.45) is 0 Å². The van der Waals surface area contributed by atoms with Crippen molar-refractivity contribution in [1.82, 2.24) is 25.1 Å². The van der Waals surface area contributed by atoms with Crippen molar-refractivity contribution >= 4 is 37.8 Å². The highest BCUT2D eigenvalue weighted by atomic mass is 79.9. The molecular weight excluding hydrogens is 483 g/mol. The van der Waals surface area contributed by atoms with E-state index >= 15 is 0 Å². The fourth-order valence-electron chi connectivity index (χ4n) is 2.33. The summed E-state index contributed by atoms with van der Waals surface area (Å²) >= 11 is 6.16. The van der Waals surface area contributed by atoms with E-state index in [0.717, 1.165) is 0 Å². The van der Waals surface area contributed by atoms with E-state index in [1.807, 2.05) is 6.07 Å². The van der Waals surface area contributed by atoms with E-state index in [2.05, 4.69) is 52.2 Å². The predicted molar refractivity (Wildman–Crippen MR) is 102 cm³/mol. The van der Waals surface area contributed by atoms with E-state index in [1.54, 1.807) is 19.1 Å². The number of rotatable bonds is 4. The molecule has 0 aliphatic rings. The molecule has 3 rings (SSSR count). The molecule has 0 spiro atoms. The minimum Gasteiger partial charge on any atom is -0.342 e. The minimum atomic E-state index is -0.500. The standard InChI is InChI=1S/C17H11Br2FN6O/c1-9(25-17(27)11-4-12(18)15(20)13(19)5-11)16-23-8-24-26(16)14-3-2-10(6-21)7-22-14/h2-5,7-9H,1H3,(H,25,27)/t9-/m0/s1. The van der Waals surface area contributed by atoms with Crippen molar-refractivity contribution in [3.8, 4) is 11.9 Å². The number of halogens is 3. The van der Waals surface area contributed by atoms with Crippen LogP contribution in [0.25, 0.3) is 5.82 Å². The van der Waals surface area contributed by atoms with Crippen LogP contribution in [0.1, 0.15) is 34.7 Å². The summed E-state index contributed by atoms with van der Waals surface area (Å²) in [6.07, 6.45) is 2.78. The molecule has 1 aromatic carbocycles. The fraction of sp³-hybridized carbons (Fsp3) is 0.118. The lowest BCUT2D eigenvalue weighted by Gasteiger charge is -2.15. The molecule has 1 N–H and O–H groups in total. The van der Waals surface area contributed by atoms with Crippen LogP contribution in [0.15, 0.2) is 45.7 Å². The van der Waals surface area contributed by atoms with Gasteiger partial charge >= 0.3 is 0 Å². The Hall–Kier alpha value is -2.64. The molecule has 2 heterocycles. The first-order valence-electron chi connectivity index (χ1n) is 7.62. The van der Waals surface area contributed by atoms with E-state index in [1.165, 1.54) is 29.3 Å². The molecule has 136 valence electrons. The van der Waals surface area contributed by atoms with E-state index in [0.29, 0.717) is 17.2 Å². The van der Waals surface area contributed by atoms with Crippen molar-refractivity contribution < 1.29 is 9.18 Å². The minimum absolute atomic E-state index is 0.180. The lowest BCUT2D eigenvalue weighted by molar-refractivity contribution is 0.0937. The third-order valence-electron chi connectivity index (χ3n) is 3.65. The van der Waals surface area contributed by atoms with Gasteiger partial charge in [-0.25, -0.2) is 14.4 Å². The number of carbonyl (C=O) groups is 1. The summed E-state index contributed by atoms with van der Waals surface area (Å²) in [5, 5.41) is 15.8. The summed E-state index contributed by atoms with van der Waals surface area (Å²) in [6, 6.07) is 7.54. The second-order valence-electron chi connectivity index (χ2n) is 5.50. The first-order chi connectivity index (χ1) is 12.9. The number of nitrogens with zero attached hydrogens (tertiary/aromatic N) is 5.